The molecule has 8 atom stereocenters. The summed E-state index contributed by atoms with van der Waals surface area (Å²) in [6.45, 7) is 38.7. The third-order valence-corrected chi connectivity index (χ3v) is 8.92. The van der Waals surface area contributed by atoms with Gasteiger partial charge in [0.15, 0.2) is 0 Å². The van der Waals surface area contributed by atoms with E-state index in [1.54, 1.807) is 0 Å². The zero-order chi connectivity index (χ0) is 37.3. The summed E-state index contributed by atoms with van der Waals surface area (Å²) < 4.78 is 26.2. The van der Waals surface area contributed by atoms with Crippen LogP contribution in [0.25, 0.3) is 0 Å². The fourth-order valence-corrected chi connectivity index (χ4v) is 7.49. The largest absolute Gasteiger partial charge is 0.394 e. The first-order valence-electron chi connectivity index (χ1n) is 19.5. The molecule has 6 heteroatoms. The lowest BCUT2D eigenvalue weighted by atomic mass is 9.84. The van der Waals surface area contributed by atoms with Crippen molar-refractivity contribution in [1.82, 2.24) is 0 Å². The van der Waals surface area contributed by atoms with Crippen molar-refractivity contribution in [3.63, 3.8) is 0 Å². The lowest BCUT2D eigenvalue weighted by molar-refractivity contribution is -0.187. The summed E-state index contributed by atoms with van der Waals surface area (Å²) in [5, 5.41) is 21.4. The molecule has 290 valence electrons. The molecule has 0 saturated carbocycles. The van der Waals surface area contributed by atoms with Crippen LogP contribution in [-0.2, 0) is 18.9 Å². The van der Waals surface area contributed by atoms with Crippen LogP contribution < -0.4 is 0 Å². The maximum Gasteiger partial charge on any atom is 0.115 e. The Hall–Kier alpha value is -0.240. The highest BCUT2D eigenvalue weighted by atomic mass is 16.6. The van der Waals surface area contributed by atoms with Gasteiger partial charge in [0.1, 0.15) is 24.4 Å². The smallest absolute Gasteiger partial charge is 0.115 e. The van der Waals surface area contributed by atoms with E-state index >= 15 is 0 Å². The van der Waals surface area contributed by atoms with Crippen LogP contribution in [0.15, 0.2) is 0 Å². The van der Waals surface area contributed by atoms with Crippen molar-refractivity contribution >= 4 is 0 Å². The maximum atomic E-state index is 11.2. The molecule has 0 radical (unpaired) electrons. The molecule has 0 aromatic carbocycles. The first-order valence-corrected chi connectivity index (χ1v) is 19.5. The summed E-state index contributed by atoms with van der Waals surface area (Å²) in [6.07, 6.45) is 5.34. The molecular formula is C42H86O6. The van der Waals surface area contributed by atoms with Crippen molar-refractivity contribution in [1.29, 1.82) is 0 Å². The normalized spacial score (nSPS) is 18.6. The standard InChI is InChI=1S/C42H86O6/c1-31(25-39(5,6)7)17-21-45-30-36(46-22-18-32(2)26-40(8,9)10)38(48-24-20-34(4)28-42(14,15)16)37(35(44)29-43)47-23-19-33(3)27-41(11,12)13/h31-38,43-44H,17-30H2,1-16H3/t31?,32?,33?,34?,35-,36+,37-,38-/m1/s1. The Morgan fingerprint density at radius 1 is 0.458 bits per heavy atom. The highest BCUT2D eigenvalue weighted by Crippen LogP contribution is 2.30. The van der Waals surface area contributed by atoms with Crippen LogP contribution in [0.2, 0.25) is 0 Å². The number of aliphatic hydroxyl groups is 2. The molecule has 0 aromatic rings. The summed E-state index contributed by atoms with van der Waals surface area (Å²) in [6, 6.07) is 0. The van der Waals surface area contributed by atoms with Crippen LogP contribution in [0.5, 0.6) is 0 Å². The topological polar surface area (TPSA) is 77.4 Å². The number of hydrogen-bond acceptors (Lipinski definition) is 6. The van der Waals surface area contributed by atoms with Crippen molar-refractivity contribution in [3.05, 3.63) is 0 Å². The zero-order valence-corrected chi connectivity index (χ0v) is 35.0. The van der Waals surface area contributed by atoms with Gasteiger partial charge in [0, 0.05) is 26.4 Å². The fourth-order valence-electron chi connectivity index (χ4n) is 7.49. The molecular weight excluding hydrogens is 600 g/mol. The van der Waals surface area contributed by atoms with E-state index in [0.717, 1.165) is 51.4 Å². The molecule has 2 N–H and O–H groups in total. The summed E-state index contributed by atoms with van der Waals surface area (Å²) in [5.41, 5.74) is 1.03. The van der Waals surface area contributed by atoms with E-state index in [2.05, 4.69) is 111 Å². The predicted molar refractivity (Wildman–Crippen MR) is 205 cm³/mol. The third-order valence-electron chi connectivity index (χ3n) is 8.92. The summed E-state index contributed by atoms with van der Waals surface area (Å²) in [4.78, 5) is 0. The molecule has 0 aliphatic rings. The molecule has 48 heavy (non-hydrogen) atoms. The van der Waals surface area contributed by atoms with Gasteiger partial charge in [0.05, 0.1) is 13.2 Å². The number of ether oxygens (including phenoxy) is 4. The van der Waals surface area contributed by atoms with Crippen molar-refractivity contribution < 1.29 is 29.2 Å². The Morgan fingerprint density at radius 3 is 1.10 bits per heavy atom. The van der Waals surface area contributed by atoms with Gasteiger partial charge in [-0.15, -0.1) is 0 Å². The molecule has 0 saturated heterocycles. The Labute approximate surface area is 300 Å². The Kier molecular flexibility index (Phi) is 22.5. The number of hydrogen-bond donors (Lipinski definition) is 2. The van der Waals surface area contributed by atoms with Crippen LogP contribution in [0.3, 0.4) is 0 Å². The minimum atomic E-state index is -1.09. The van der Waals surface area contributed by atoms with Gasteiger partial charge in [-0.2, -0.15) is 0 Å². The Morgan fingerprint density at radius 2 is 0.771 bits per heavy atom. The van der Waals surface area contributed by atoms with Gasteiger partial charge in [0.2, 0.25) is 0 Å². The molecule has 0 fully saturated rings. The van der Waals surface area contributed by atoms with E-state index in [9.17, 15) is 10.2 Å². The van der Waals surface area contributed by atoms with Gasteiger partial charge in [0.25, 0.3) is 0 Å². The lowest BCUT2D eigenvalue weighted by Crippen LogP contribution is -2.52. The van der Waals surface area contributed by atoms with Gasteiger partial charge in [-0.3, -0.25) is 0 Å². The van der Waals surface area contributed by atoms with E-state index in [4.69, 9.17) is 18.9 Å². The van der Waals surface area contributed by atoms with Crippen LogP contribution in [-0.4, -0.2) is 74.3 Å². The Balaban J connectivity index is 6.09. The second-order valence-electron chi connectivity index (χ2n) is 20.5. The van der Waals surface area contributed by atoms with E-state index in [1.807, 2.05) is 0 Å². The van der Waals surface area contributed by atoms with Crippen molar-refractivity contribution in [2.75, 3.05) is 39.6 Å². The van der Waals surface area contributed by atoms with E-state index < -0.39 is 31.0 Å². The predicted octanol–water partition coefficient (Wildman–Crippen LogP) is 10.4. The van der Waals surface area contributed by atoms with E-state index in [1.165, 1.54) is 0 Å². The first kappa shape index (κ1) is 47.8. The van der Waals surface area contributed by atoms with Gasteiger partial charge in [-0.1, -0.05) is 111 Å². The summed E-state index contributed by atoms with van der Waals surface area (Å²) in [7, 11) is 0. The second kappa shape index (κ2) is 22.6. The van der Waals surface area contributed by atoms with Gasteiger partial charge in [-0.25, -0.2) is 0 Å². The van der Waals surface area contributed by atoms with Gasteiger partial charge >= 0.3 is 0 Å². The average molecular weight is 687 g/mol. The van der Waals surface area contributed by atoms with Gasteiger partial charge in [-0.05, 0) is 96.7 Å². The van der Waals surface area contributed by atoms with Crippen molar-refractivity contribution in [3.8, 4) is 0 Å². The molecule has 6 nitrogen and oxygen atoms in total. The van der Waals surface area contributed by atoms with Crippen LogP contribution >= 0.6 is 0 Å². The van der Waals surface area contributed by atoms with E-state index in [0.29, 0.717) is 56.7 Å². The van der Waals surface area contributed by atoms with Crippen LogP contribution in [0.1, 0.15) is 162 Å². The minimum absolute atomic E-state index is 0.240. The summed E-state index contributed by atoms with van der Waals surface area (Å²) in [5.74, 6) is 2.04. The number of aliphatic hydroxyl groups excluding tert-OH is 2. The molecule has 0 amide bonds. The zero-order valence-electron chi connectivity index (χ0n) is 35.0. The van der Waals surface area contributed by atoms with Crippen molar-refractivity contribution in [2.24, 2.45) is 45.3 Å². The van der Waals surface area contributed by atoms with Crippen LogP contribution in [0.4, 0.5) is 0 Å². The Bertz CT molecular complexity index is 786. The van der Waals surface area contributed by atoms with E-state index in [-0.39, 0.29) is 21.7 Å². The molecule has 0 bridgehead atoms. The SMILES string of the molecule is CC(CCOC[C@H](OCCC(C)CC(C)(C)C)[C@@H](OCCC(C)CC(C)(C)C)[C@H](OCCC(C)CC(C)(C)C)[C@H](O)CO)CC(C)(C)C. The third kappa shape index (κ3) is 26.6. The molecule has 0 aromatic heterocycles. The second-order valence-corrected chi connectivity index (χ2v) is 20.5. The lowest BCUT2D eigenvalue weighted by Gasteiger charge is -2.36. The highest BCUT2D eigenvalue weighted by molar-refractivity contribution is 4.86. The molecule has 0 heterocycles. The molecule has 0 rings (SSSR count). The van der Waals surface area contributed by atoms with Crippen molar-refractivity contribution in [2.45, 2.75) is 187 Å². The molecule has 0 spiro atoms. The number of rotatable bonds is 25. The summed E-state index contributed by atoms with van der Waals surface area (Å²) >= 11 is 0. The molecule has 4 unspecified atom stereocenters. The quantitative estimate of drug-likeness (QED) is 0.0931. The molecule has 0 aliphatic carbocycles. The average Bonchev–Trinajstić information content (AvgIpc) is 2.86. The maximum absolute atomic E-state index is 11.2. The highest BCUT2D eigenvalue weighted by Gasteiger charge is 2.37. The molecule has 0 aliphatic heterocycles. The first-order chi connectivity index (χ1) is 21.8. The van der Waals surface area contributed by atoms with Gasteiger partial charge < -0.3 is 29.2 Å². The minimum Gasteiger partial charge on any atom is -0.394 e. The fraction of sp³-hybridized carbons (Fsp3) is 1.00. The van der Waals surface area contributed by atoms with Crippen LogP contribution in [0, 0.1) is 45.3 Å². The monoisotopic (exact) mass is 687 g/mol.